The van der Waals surface area contributed by atoms with E-state index in [1.807, 2.05) is 6.26 Å². The number of hydrogen-bond donors (Lipinski definition) is 0. The number of halogens is 2. The van der Waals surface area contributed by atoms with E-state index >= 15 is 0 Å². The van der Waals surface area contributed by atoms with Crippen LogP contribution in [0, 0.1) is 0 Å². The van der Waals surface area contributed by atoms with Crippen molar-refractivity contribution in [3.05, 3.63) is 12.3 Å². The van der Waals surface area contributed by atoms with Crippen molar-refractivity contribution in [2.24, 2.45) is 0 Å². The molecule has 62 valence electrons. The number of rotatable bonds is 3. The molecule has 5 heteroatoms. The predicted octanol–water partition coefficient (Wildman–Crippen LogP) is 1.87. The van der Waals surface area contributed by atoms with Crippen molar-refractivity contribution in [1.82, 2.24) is 9.78 Å². The van der Waals surface area contributed by atoms with Gasteiger partial charge in [-0.25, -0.2) is 8.78 Å². The van der Waals surface area contributed by atoms with Crippen molar-refractivity contribution in [1.29, 1.82) is 0 Å². The molecule has 0 unspecified atom stereocenters. The molecule has 0 aliphatic rings. The van der Waals surface area contributed by atoms with Gasteiger partial charge in [0.15, 0.2) is 0 Å². The lowest BCUT2D eigenvalue weighted by molar-refractivity contribution is 0.118. The molecule has 2 nitrogen and oxygen atoms in total. The second kappa shape index (κ2) is 3.71. The average Bonchev–Trinajstić information content (AvgIpc) is 2.34. The number of hydrogen-bond acceptors (Lipinski definition) is 2. The Labute approximate surface area is 67.6 Å². The fraction of sp³-hybridized carbons (Fsp3) is 0.500. The van der Waals surface area contributed by atoms with Gasteiger partial charge in [0.1, 0.15) is 6.54 Å². The van der Waals surface area contributed by atoms with E-state index in [9.17, 15) is 8.78 Å². The predicted molar refractivity (Wildman–Crippen MR) is 40.0 cm³/mol. The molecule has 0 aliphatic carbocycles. The van der Waals surface area contributed by atoms with E-state index in [2.05, 4.69) is 5.10 Å². The summed E-state index contributed by atoms with van der Waals surface area (Å²) in [6, 6.07) is 1.72. The van der Waals surface area contributed by atoms with E-state index in [1.165, 1.54) is 22.6 Å². The van der Waals surface area contributed by atoms with Crippen molar-refractivity contribution < 1.29 is 8.78 Å². The molecule has 11 heavy (non-hydrogen) atoms. The van der Waals surface area contributed by atoms with Gasteiger partial charge in [0.2, 0.25) is 0 Å². The van der Waals surface area contributed by atoms with E-state index in [1.54, 1.807) is 6.07 Å². The Bertz CT molecular complexity index is 224. The first kappa shape index (κ1) is 8.52. The third-order valence-electron chi connectivity index (χ3n) is 1.20. The van der Waals surface area contributed by atoms with Crippen LogP contribution in [0.25, 0.3) is 0 Å². The maximum Gasteiger partial charge on any atom is 0.257 e. The zero-order chi connectivity index (χ0) is 8.27. The molecule has 0 atom stereocenters. The molecule has 1 aromatic rings. The Balaban J connectivity index is 2.68. The topological polar surface area (TPSA) is 17.8 Å². The summed E-state index contributed by atoms with van der Waals surface area (Å²) in [5.74, 6) is 0. The zero-order valence-corrected chi connectivity index (χ0v) is 6.81. The maximum absolute atomic E-state index is 11.8. The van der Waals surface area contributed by atoms with Gasteiger partial charge in [0.25, 0.3) is 6.43 Å². The normalized spacial score (nSPS) is 10.9. The van der Waals surface area contributed by atoms with E-state index in [0.29, 0.717) is 0 Å². The second-order valence-corrected chi connectivity index (χ2v) is 2.77. The van der Waals surface area contributed by atoms with Crippen molar-refractivity contribution in [3.63, 3.8) is 0 Å². The summed E-state index contributed by atoms with van der Waals surface area (Å²) in [6.07, 6.45) is 1.02. The van der Waals surface area contributed by atoms with Gasteiger partial charge in [-0.1, -0.05) is 0 Å². The minimum atomic E-state index is -2.33. The molecule has 1 rings (SSSR count). The Morgan fingerprint density at radius 2 is 2.45 bits per heavy atom. The smallest absolute Gasteiger partial charge is 0.253 e. The van der Waals surface area contributed by atoms with Crippen LogP contribution < -0.4 is 0 Å². The molecule has 0 saturated carbocycles. The number of nitrogens with zero attached hydrogens (tertiary/aromatic N) is 2. The van der Waals surface area contributed by atoms with Crippen LogP contribution >= 0.6 is 11.8 Å². The van der Waals surface area contributed by atoms with E-state index in [0.717, 1.165) is 5.03 Å². The molecule has 0 N–H and O–H groups in total. The van der Waals surface area contributed by atoms with Gasteiger partial charge in [-0.2, -0.15) is 5.10 Å². The molecule has 1 heterocycles. The molecule has 0 spiro atoms. The zero-order valence-electron chi connectivity index (χ0n) is 6.00. The second-order valence-electron chi connectivity index (χ2n) is 1.95. The molecule has 0 fully saturated rings. The lowest BCUT2D eigenvalue weighted by Gasteiger charge is -2.02. The number of thioether (sulfide) groups is 1. The van der Waals surface area contributed by atoms with E-state index in [4.69, 9.17) is 0 Å². The first-order valence-electron chi connectivity index (χ1n) is 3.08. The van der Waals surface area contributed by atoms with Crippen molar-refractivity contribution in [3.8, 4) is 0 Å². The summed E-state index contributed by atoms with van der Waals surface area (Å²) in [4.78, 5) is 0. The van der Waals surface area contributed by atoms with E-state index in [-0.39, 0.29) is 6.54 Å². The van der Waals surface area contributed by atoms with Crippen LogP contribution in [0.1, 0.15) is 0 Å². The van der Waals surface area contributed by atoms with Gasteiger partial charge >= 0.3 is 0 Å². The summed E-state index contributed by atoms with van der Waals surface area (Å²) in [7, 11) is 0. The van der Waals surface area contributed by atoms with Crippen LogP contribution in [0.15, 0.2) is 17.3 Å². The Morgan fingerprint density at radius 3 is 3.00 bits per heavy atom. The number of aromatic nitrogens is 2. The Hall–Kier alpha value is -0.580. The molecule has 0 radical (unpaired) electrons. The molecule has 0 amide bonds. The standard InChI is InChI=1S/C6H8F2N2S/c1-11-6-2-3-9-10(6)4-5(7)8/h2-3,5H,4H2,1H3. The highest BCUT2D eigenvalue weighted by Crippen LogP contribution is 2.14. The molecule has 0 saturated heterocycles. The SMILES string of the molecule is CSc1ccnn1CC(F)F. The highest BCUT2D eigenvalue weighted by molar-refractivity contribution is 7.98. The molecular formula is C6H8F2N2S. The summed E-state index contributed by atoms with van der Waals surface area (Å²) >= 11 is 1.41. The third kappa shape index (κ3) is 2.18. The summed E-state index contributed by atoms with van der Waals surface area (Å²) in [5, 5.41) is 4.51. The molecule has 0 bridgehead atoms. The van der Waals surface area contributed by atoms with Gasteiger partial charge in [-0.3, -0.25) is 4.68 Å². The van der Waals surface area contributed by atoms with Crippen molar-refractivity contribution in [2.45, 2.75) is 18.0 Å². The minimum Gasteiger partial charge on any atom is -0.253 e. The van der Waals surface area contributed by atoms with Crippen LogP contribution in [0.3, 0.4) is 0 Å². The van der Waals surface area contributed by atoms with E-state index < -0.39 is 6.43 Å². The fourth-order valence-electron chi connectivity index (χ4n) is 0.762. The van der Waals surface area contributed by atoms with Crippen LogP contribution in [0.4, 0.5) is 8.78 Å². The van der Waals surface area contributed by atoms with Crippen LogP contribution in [0.2, 0.25) is 0 Å². The third-order valence-corrected chi connectivity index (χ3v) is 1.96. The van der Waals surface area contributed by atoms with Gasteiger partial charge in [0.05, 0.1) is 11.2 Å². The first-order valence-corrected chi connectivity index (χ1v) is 4.30. The number of alkyl halides is 2. The molecule has 0 aliphatic heterocycles. The van der Waals surface area contributed by atoms with Crippen molar-refractivity contribution in [2.75, 3.05) is 6.26 Å². The highest BCUT2D eigenvalue weighted by Gasteiger charge is 2.07. The quantitative estimate of drug-likeness (QED) is 0.657. The summed E-state index contributed by atoms with van der Waals surface area (Å²) in [6.45, 7) is -0.316. The van der Waals surface area contributed by atoms with Gasteiger partial charge in [-0.05, 0) is 12.3 Å². The van der Waals surface area contributed by atoms with Crippen LogP contribution in [0.5, 0.6) is 0 Å². The Morgan fingerprint density at radius 1 is 1.73 bits per heavy atom. The van der Waals surface area contributed by atoms with Gasteiger partial charge in [-0.15, -0.1) is 11.8 Å². The lowest BCUT2D eigenvalue weighted by Crippen LogP contribution is -2.08. The summed E-state index contributed by atoms with van der Waals surface area (Å²) in [5.41, 5.74) is 0. The molecule has 0 aromatic carbocycles. The van der Waals surface area contributed by atoms with Crippen molar-refractivity contribution >= 4 is 11.8 Å². The van der Waals surface area contributed by atoms with Crippen LogP contribution in [-0.2, 0) is 6.54 Å². The van der Waals surface area contributed by atoms with Gasteiger partial charge in [0, 0.05) is 0 Å². The maximum atomic E-state index is 11.8. The Kier molecular flexibility index (Phi) is 2.87. The highest BCUT2D eigenvalue weighted by atomic mass is 32.2. The monoisotopic (exact) mass is 178 g/mol. The largest absolute Gasteiger partial charge is 0.257 e. The first-order chi connectivity index (χ1) is 5.24. The average molecular weight is 178 g/mol. The summed E-state index contributed by atoms with van der Waals surface area (Å²) < 4.78 is 25.0. The molecular weight excluding hydrogens is 170 g/mol. The van der Waals surface area contributed by atoms with Gasteiger partial charge < -0.3 is 0 Å². The van der Waals surface area contributed by atoms with Crippen LogP contribution in [-0.4, -0.2) is 22.5 Å². The fourth-order valence-corrected chi connectivity index (χ4v) is 1.29. The minimum absolute atomic E-state index is 0.316. The molecule has 1 aromatic heterocycles. The lowest BCUT2D eigenvalue weighted by atomic mass is 10.7.